The number of thiophene rings is 1. The summed E-state index contributed by atoms with van der Waals surface area (Å²) in [7, 11) is 0. The van der Waals surface area contributed by atoms with Crippen molar-refractivity contribution in [2.45, 2.75) is 19.4 Å². The fraction of sp³-hybridized carbons (Fsp3) is 0.158. The summed E-state index contributed by atoms with van der Waals surface area (Å²) in [6, 6.07) is 16.4. The molecule has 0 aliphatic carbocycles. The van der Waals surface area contributed by atoms with E-state index in [1.165, 1.54) is 6.07 Å². The number of hydrazine groups is 1. The lowest BCUT2D eigenvalue weighted by Gasteiger charge is -2.05. The molecule has 2 N–H and O–H groups in total. The van der Waals surface area contributed by atoms with Crippen molar-refractivity contribution in [3.05, 3.63) is 76.4 Å². The second-order valence-corrected chi connectivity index (χ2v) is 6.48. The van der Waals surface area contributed by atoms with Gasteiger partial charge in [-0.15, -0.1) is 11.3 Å². The molecule has 0 spiro atoms. The number of nitrogens with one attached hydrogen (secondary N) is 2. The molecule has 0 bridgehead atoms. The first-order chi connectivity index (χ1) is 12.7. The molecule has 0 aliphatic rings. The summed E-state index contributed by atoms with van der Waals surface area (Å²) in [4.78, 5) is 24.9. The van der Waals surface area contributed by atoms with Gasteiger partial charge in [0, 0.05) is 11.3 Å². The van der Waals surface area contributed by atoms with E-state index in [0.717, 1.165) is 4.88 Å². The third kappa shape index (κ3) is 5.22. The lowest BCUT2D eigenvalue weighted by atomic mass is 10.2. The number of para-hydroxylation sites is 1. The van der Waals surface area contributed by atoms with Crippen LogP contribution in [0.25, 0.3) is 0 Å². The highest BCUT2D eigenvalue weighted by Crippen LogP contribution is 2.14. The number of hydrogen-bond donors (Lipinski definition) is 2. The number of carbonyl (C=O) groups is 2. The Morgan fingerprint density at radius 1 is 1.00 bits per heavy atom. The maximum Gasteiger partial charge on any atom is 0.305 e. The number of hydrogen-bond acceptors (Lipinski definition) is 5. The number of rotatable bonds is 7. The predicted octanol–water partition coefficient (Wildman–Crippen LogP) is 3.31. The molecule has 2 aromatic heterocycles. The first-order valence-electron chi connectivity index (χ1n) is 8.09. The maximum absolute atomic E-state index is 12.0. The predicted molar refractivity (Wildman–Crippen MR) is 97.7 cm³/mol. The Morgan fingerprint density at radius 2 is 1.85 bits per heavy atom. The van der Waals surface area contributed by atoms with Crippen molar-refractivity contribution in [1.82, 2.24) is 10.9 Å². The molecule has 3 rings (SSSR count). The van der Waals surface area contributed by atoms with E-state index >= 15 is 0 Å². The van der Waals surface area contributed by atoms with Crippen LogP contribution in [0.15, 0.2) is 64.4 Å². The van der Waals surface area contributed by atoms with E-state index in [-0.39, 0.29) is 18.3 Å². The van der Waals surface area contributed by atoms with E-state index < -0.39 is 5.91 Å². The van der Waals surface area contributed by atoms with E-state index in [1.54, 1.807) is 17.4 Å². The van der Waals surface area contributed by atoms with Crippen LogP contribution in [0.5, 0.6) is 5.75 Å². The van der Waals surface area contributed by atoms with Crippen LogP contribution in [-0.4, -0.2) is 11.8 Å². The van der Waals surface area contributed by atoms with Gasteiger partial charge in [0.2, 0.25) is 5.91 Å². The number of ether oxygens (including phenoxy) is 1. The smallest absolute Gasteiger partial charge is 0.305 e. The second kappa shape index (κ2) is 8.87. The van der Waals surface area contributed by atoms with Crippen molar-refractivity contribution >= 4 is 23.2 Å². The Balaban J connectivity index is 1.42. The van der Waals surface area contributed by atoms with Crippen molar-refractivity contribution < 1.29 is 18.7 Å². The van der Waals surface area contributed by atoms with Gasteiger partial charge in [-0.1, -0.05) is 24.3 Å². The molecule has 0 radical (unpaired) electrons. The highest BCUT2D eigenvalue weighted by molar-refractivity contribution is 7.09. The van der Waals surface area contributed by atoms with Crippen molar-refractivity contribution in [3.8, 4) is 5.75 Å². The summed E-state index contributed by atoms with van der Waals surface area (Å²) in [5.74, 6) is 0.567. The van der Waals surface area contributed by atoms with Crippen molar-refractivity contribution in [1.29, 1.82) is 0 Å². The molecule has 2 heterocycles. The third-order valence-electron chi connectivity index (χ3n) is 3.50. The molecule has 2 amide bonds. The molecule has 0 atom stereocenters. The van der Waals surface area contributed by atoms with Crippen LogP contribution >= 0.6 is 11.3 Å². The van der Waals surface area contributed by atoms with Crippen LogP contribution in [0.3, 0.4) is 0 Å². The topological polar surface area (TPSA) is 80.6 Å². The normalized spacial score (nSPS) is 10.3. The first-order valence-corrected chi connectivity index (χ1v) is 8.97. The molecule has 3 aromatic rings. The SMILES string of the molecule is O=C(CCc1cccs1)NNC(=O)c1ccc(COc2ccccc2)o1. The Kier molecular flexibility index (Phi) is 6.05. The highest BCUT2D eigenvalue weighted by atomic mass is 32.1. The summed E-state index contributed by atoms with van der Waals surface area (Å²) in [5.41, 5.74) is 4.73. The van der Waals surface area contributed by atoms with Gasteiger partial charge in [-0.3, -0.25) is 20.4 Å². The van der Waals surface area contributed by atoms with Gasteiger partial charge in [0.05, 0.1) is 0 Å². The van der Waals surface area contributed by atoms with Crippen LogP contribution in [0, 0.1) is 0 Å². The second-order valence-electron chi connectivity index (χ2n) is 5.45. The monoisotopic (exact) mass is 370 g/mol. The largest absolute Gasteiger partial charge is 0.486 e. The zero-order valence-corrected chi connectivity index (χ0v) is 14.8. The maximum atomic E-state index is 12.0. The molecule has 134 valence electrons. The van der Waals surface area contributed by atoms with Gasteiger partial charge in [-0.2, -0.15) is 0 Å². The van der Waals surface area contributed by atoms with E-state index in [1.807, 2.05) is 47.8 Å². The molecule has 7 heteroatoms. The summed E-state index contributed by atoms with van der Waals surface area (Å²) in [5, 5.41) is 1.96. The first kappa shape index (κ1) is 17.8. The minimum Gasteiger partial charge on any atom is -0.486 e. The lowest BCUT2D eigenvalue weighted by Crippen LogP contribution is -2.41. The molecular formula is C19H18N2O4S. The number of amides is 2. The zero-order chi connectivity index (χ0) is 18.2. The van der Waals surface area contributed by atoms with Gasteiger partial charge in [-0.05, 0) is 42.1 Å². The summed E-state index contributed by atoms with van der Waals surface area (Å²) in [6.45, 7) is 0.213. The van der Waals surface area contributed by atoms with Crippen LogP contribution < -0.4 is 15.6 Å². The summed E-state index contributed by atoms with van der Waals surface area (Å²) < 4.78 is 11.0. The minimum atomic E-state index is -0.513. The highest BCUT2D eigenvalue weighted by Gasteiger charge is 2.12. The lowest BCUT2D eigenvalue weighted by molar-refractivity contribution is -0.121. The van der Waals surface area contributed by atoms with Crippen molar-refractivity contribution in [2.24, 2.45) is 0 Å². The van der Waals surface area contributed by atoms with Gasteiger partial charge in [0.1, 0.15) is 18.1 Å². The summed E-state index contributed by atoms with van der Waals surface area (Å²) >= 11 is 1.60. The molecular weight excluding hydrogens is 352 g/mol. The third-order valence-corrected chi connectivity index (χ3v) is 4.44. The standard InChI is InChI=1S/C19H18N2O4S/c22-18(11-9-16-7-4-12-26-16)20-21-19(23)17-10-8-15(25-17)13-24-14-5-2-1-3-6-14/h1-8,10,12H,9,11,13H2,(H,20,22)(H,21,23). The fourth-order valence-electron chi connectivity index (χ4n) is 2.19. The average molecular weight is 370 g/mol. The molecule has 0 saturated heterocycles. The van der Waals surface area contributed by atoms with Gasteiger partial charge in [0.15, 0.2) is 5.76 Å². The molecule has 0 fully saturated rings. The Bertz CT molecular complexity index is 844. The molecule has 6 nitrogen and oxygen atoms in total. The van der Waals surface area contributed by atoms with E-state index in [0.29, 0.717) is 24.4 Å². The van der Waals surface area contributed by atoms with Crippen LogP contribution in [0.4, 0.5) is 0 Å². The molecule has 1 aromatic carbocycles. The van der Waals surface area contributed by atoms with E-state index in [9.17, 15) is 9.59 Å². The molecule has 26 heavy (non-hydrogen) atoms. The molecule has 0 unspecified atom stereocenters. The van der Waals surface area contributed by atoms with Crippen LogP contribution in [0.2, 0.25) is 0 Å². The Morgan fingerprint density at radius 3 is 2.62 bits per heavy atom. The Hall–Kier alpha value is -3.06. The van der Waals surface area contributed by atoms with Crippen LogP contribution in [0.1, 0.15) is 27.6 Å². The Labute approximate surface area is 154 Å². The number of carbonyl (C=O) groups excluding carboxylic acids is 2. The van der Waals surface area contributed by atoms with Gasteiger partial charge < -0.3 is 9.15 Å². The van der Waals surface area contributed by atoms with Gasteiger partial charge in [-0.25, -0.2) is 0 Å². The van der Waals surface area contributed by atoms with Crippen molar-refractivity contribution in [3.63, 3.8) is 0 Å². The van der Waals surface area contributed by atoms with Crippen molar-refractivity contribution in [2.75, 3.05) is 0 Å². The van der Waals surface area contributed by atoms with E-state index in [4.69, 9.17) is 9.15 Å². The molecule has 0 aliphatic heterocycles. The average Bonchev–Trinajstić information content (AvgIpc) is 3.35. The minimum absolute atomic E-state index is 0.107. The van der Waals surface area contributed by atoms with Gasteiger partial charge in [0.25, 0.3) is 0 Å². The number of aryl methyl sites for hydroxylation is 1. The summed E-state index contributed by atoms with van der Waals surface area (Å²) in [6.07, 6.45) is 0.941. The molecule has 0 saturated carbocycles. The zero-order valence-electron chi connectivity index (χ0n) is 13.9. The number of furan rings is 1. The van der Waals surface area contributed by atoms with E-state index in [2.05, 4.69) is 10.9 Å². The number of benzene rings is 1. The van der Waals surface area contributed by atoms with Gasteiger partial charge >= 0.3 is 5.91 Å². The fourth-order valence-corrected chi connectivity index (χ4v) is 2.90. The quantitative estimate of drug-likeness (QED) is 0.625. The van der Waals surface area contributed by atoms with Crippen LogP contribution in [-0.2, 0) is 17.8 Å².